The molecule has 104 valence electrons. The predicted molar refractivity (Wildman–Crippen MR) is 63.6 cm³/mol. The Balaban J connectivity index is 2.58. The minimum atomic E-state index is -1.22. The van der Waals surface area contributed by atoms with E-state index < -0.39 is 17.9 Å². The first-order valence-corrected chi connectivity index (χ1v) is 5.66. The van der Waals surface area contributed by atoms with Gasteiger partial charge in [0.2, 0.25) is 5.91 Å². The molecule has 1 heterocycles. The Bertz CT molecular complexity index is 496. The van der Waals surface area contributed by atoms with E-state index in [1.807, 2.05) is 6.92 Å². The van der Waals surface area contributed by atoms with Gasteiger partial charge in [-0.1, -0.05) is 12.1 Å². The number of rotatable bonds is 5. The number of hydrogen-bond donors (Lipinski definition) is 3. The summed E-state index contributed by atoms with van der Waals surface area (Å²) in [4.78, 5) is 33.5. The van der Waals surface area contributed by atoms with Gasteiger partial charge in [-0.2, -0.15) is 0 Å². The zero-order valence-corrected chi connectivity index (χ0v) is 10.6. The highest BCUT2D eigenvalue weighted by Crippen LogP contribution is 2.02. The second-order valence-electron chi connectivity index (χ2n) is 3.79. The van der Waals surface area contributed by atoms with Crippen LogP contribution in [0.1, 0.15) is 29.5 Å². The van der Waals surface area contributed by atoms with Gasteiger partial charge in [-0.05, 0) is 13.3 Å². The highest BCUT2D eigenvalue weighted by molar-refractivity contribution is 5.94. The van der Waals surface area contributed by atoms with Gasteiger partial charge in [-0.15, -0.1) is 5.10 Å². The fourth-order valence-electron chi connectivity index (χ4n) is 1.29. The minimum absolute atomic E-state index is 0.219. The summed E-state index contributed by atoms with van der Waals surface area (Å²) in [5, 5.41) is 20.3. The van der Waals surface area contributed by atoms with E-state index in [0.717, 1.165) is 11.1 Å². The fourth-order valence-corrected chi connectivity index (χ4v) is 1.29. The number of carboxylic acids is 1. The van der Waals surface area contributed by atoms with Crippen molar-refractivity contribution in [2.75, 3.05) is 6.54 Å². The molecule has 3 amide bonds. The van der Waals surface area contributed by atoms with Crippen LogP contribution in [0, 0.1) is 6.92 Å². The van der Waals surface area contributed by atoms with Gasteiger partial charge in [-0.25, -0.2) is 14.3 Å². The standard InChI is InChI=1S/C10H15N5O4/c1-3-4-11-10(19)12-7(16)5-15-6(2)8(9(17)18)13-14-15/h3-5H2,1-2H3,(H,17,18)(H2,11,12,16,19). The summed E-state index contributed by atoms with van der Waals surface area (Å²) in [5.41, 5.74) is 0.0276. The van der Waals surface area contributed by atoms with Crippen molar-refractivity contribution in [3.05, 3.63) is 11.4 Å². The van der Waals surface area contributed by atoms with Crippen LogP contribution in [0.15, 0.2) is 0 Å². The van der Waals surface area contributed by atoms with Crippen LogP contribution in [-0.4, -0.2) is 44.6 Å². The number of carboxylic acid groups (broad SMARTS) is 1. The van der Waals surface area contributed by atoms with E-state index in [1.54, 1.807) is 0 Å². The molecule has 0 radical (unpaired) electrons. The van der Waals surface area contributed by atoms with Crippen LogP contribution in [0.5, 0.6) is 0 Å². The lowest BCUT2D eigenvalue weighted by molar-refractivity contribution is -0.120. The number of urea groups is 1. The Morgan fingerprint density at radius 3 is 2.58 bits per heavy atom. The van der Waals surface area contributed by atoms with Crippen molar-refractivity contribution in [1.82, 2.24) is 25.6 Å². The van der Waals surface area contributed by atoms with E-state index in [-0.39, 0.29) is 17.9 Å². The third-order valence-electron chi connectivity index (χ3n) is 2.27. The van der Waals surface area contributed by atoms with Crippen LogP contribution in [0.3, 0.4) is 0 Å². The largest absolute Gasteiger partial charge is 0.476 e. The van der Waals surface area contributed by atoms with Crippen LogP contribution in [0.4, 0.5) is 4.79 Å². The Kier molecular flexibility index (Phi) is 4.98. The monoisotopic (exact) mass is 269 g/mol. The van der Waals surface area contributed by atoms with E-state index in [0.29, 0.717) is 6.54 Å². The van der Waals surface area contributed by atoms with Crippen molar-refractivity contribution >= 4 is 17.9 Å². The molecule has 1 rings (SSSR count). The molecule has 0 unspecified atom stereocenters. The Hall–Kier alpha value is -2.45. The zero-order chi connectivity index (χ0) is 14.4. The number of carbonyl (C=O) groups is 3. The smallest absolute Gasteiger partial charge is 0.358 e. The van der Waals surface area contributed by atoms with Gasteiger partial charge in [0, 0.05) is 6.54 Å². The van der Waals surface area contributed by atoms with Gasteiger partial charge in [-0.3, -0.25) is 10.1 Å². The molecule has 9 heteroatoms. The molecule has 0 aliphatic carbocycles. The molecule has 0 spiro atoms. The summed E-state index contributed by atoms with van der Waals surface area (Å²) < 4.78 is 1.12. The molecule has 3 N–H and O–H groups in total. The van der Waals surface area contributed by atoms with Crippen LogP contribution in [0.25, 0.3) is 0 Å². The Morgan fingerprint density at radius 2 is 2.05 bits per heavy atom. The molecule has 0 bridgehead atoms. The second-order valence-corrected chi connectivity index (χ2v) is 3.79. The number of imide groups is 1. The van der Waals surface area contributed by atoms with Crippen molar-refractivity contribution in [3.8, 4) is 0 Å². The number of nitrogens with one attached hydrogen (secondary N) is 2. The first-order valence-electron chi connectivity index (χ1n) is 5.66. The van der Waals surface area contributed by atoms with Crippen LogP contribution >= 0.6 is 0 Å². The van der Waals surface area contributed by atoms with Crippen molar-refractivity contribution in [2.45, 2.75) is 26.8 Å². The number of aromatic carboxylic acids is 1. The van der Waals surface area contributed by atoms with Crippen molar-refractivity contribution in [3.63, 3.8) is 0 Å². The van der Waals surface area contributed by atoms with E-state index in [2.05, 4.69) is 20.9 Å². The summed E-state index contributed by atoms with van der Waals surface area (Å²) in [6.45, 7) is 3.55. The summed E-state index contributed by atoms with van der Waals surface area (Å²) in [6.07, 6.45) is 0.756. The molecule has 0 aliphatic heterocycles. The maximum absolute atomic E-state index is 11.5. The molecule has 19 heavy (non-hydrogen) atoms. The quantitative estimate of drug-likeness (QED) is 0.662. The number of amides is 3. The molecule has 0 saturated heterocycles. The number of carbonyl (C=O) groups excluding carboxylic acids is 2. The summed E-state index contributed by atoms with van der Waals surface area (Å²) in [6, 6.07) is -0.594. The molecule has 0 fully saturated rings. The summed E-state index contributed by atoms with van der Waals surface area (Å²) in [7, 11) is 0. The normalized spacial score (nSPS) is 10.0. The van der Waals surface area contributed by atoms with Crippen LogP contribution in [-0.2, 0) is 11.3 Å². The highest BCUT2D eigenvalue weighted by atomic mass is 16.4. The van der Waals surface area contributed by atoms with Gasteiger partial charge < -0.3 is 10.4 Å². The lowest BCUT2D eigenvalue weighted by Gasteiger charge is -2.06. The molecule has 0 aliphatic rings. The maximum Gasteiger partial charge on any atom is 0.358 e. The van der Waals surface area contributed by atoms with Gasteiger partial charge in [0.25, 0.3) is 0 Å². The number of aromatic nitrogens is 3. The molecule has 9 nitrogen and oxygen atoms in total. The van der Waals surface area contributed by atoms with Gasteiger partial charge >= 0.3 is 12.0 Å². The average Bonchev–Trinajstić information content (AvgIpc) is 2.68. The predicted octanol–water partition coefficient (Wildman–Crippen LogP) is -0.479. The third-order valence-corrected chi connectivity index (χ3v) is 2.27. The first-order chi connectivity index (χ1) is 8.95. The topological polar surface area (TPSA) is 126 Å². The van der Waals surface area contributed by atoms with E-state index in [9.17, 15) is 14.4 Å². The van der Waals surface area contributed by atoms with E-state index in [1.165, 1.54) is 6.92 Å². The van der Waals surface area contributed by atoms with Crippen molar-refractivity contribution in [2.24, 2.45) is 0 Å². The first kappa shape index (κ1) is 14.6. The SMILES string of the molecule is CCCNC(=O)NC(=O)Cn1nnc(C(=O)O)c1C. The van der Waals surface area contributed by atoms with E-state index >= 15 is 0 Å². The lowest BCUT2D eigenvalue weighted by atomic mass is 10.3. The summed E-state index contributed by atoms with van der Waals surface area (Å²) in [5.74, 6) is -1.82. The molecule has 0 saturated carbocycles. The Morgan fingerprint density at radius 1 is 1.37 bits per heavy atom. The molecule has 0 atom stereocenters. The van der Waals surface area contributed by atoms with E-state index in [4.69, 9.17) is 5.11 Å². The maximum atomic E-state index is 11.5. The highest BCUT2D eigenvalue weighted by Gasteiger charge is 2.17. The van der Waals surface area contributed by atoms with Crippen molar-refractivity contribution in [1.29, 1.82) is 0 Å². The van der Waals surface area contributed by atoms with Crippen LogP contribution < -0.4 is 10.6 Å². The average molecular weight is 269 g/mol. The van der Waals surface area contributed by atoms with Crippen molar-refractivity contribution < 1.29 is 19.5 Å². The number of nitrogens with zero attached hydrogens (tertiary/aromatic N) is 3. The second kappa shape index (κ2) is 6.47. The molecular formula is C10H15N5O4. The van der Waals surface area contributed by atoms with Crippen LogP contribution in [0.2, 0.25) is 0 Å². The van der Waals surface area contributed by atoms with Gasteiger partial charge in [0.1, 0.15) is 6.54 Å². The molecule has 0 aromatic carbocycles. The minimum Gasteiger partial charge on any atom is -0.476 e. The summed E-state index contributed by atoms with van der Waals surface area (Å²) >= 11 is 0. The fraction of sp³-hybridized carbons (Fsp3) is 0.500. The van der Waals surface area contributed by atoms with Gasteiger partial charge in [0.15, 0.2) is 5.69 Å². The third kappa shape index (κ3) is 4.05. The molecular weight excluding hydrogens is 254 g/mol. The Labute approximate surface area is 109 Å². The molecule has 1 aromatic rings. The lowest BCUT2D eigenvalue weighted by Crippen LogP contribution is -2.41. The zero-order valence-electron chi connectivity index (χ0n) is 10.6. The number of hydrogen-bond acceptors (Lipinski definition) is 5. The van der Waals surface area contributed by atoms with Gasteiger partial charge in [0.05, 0.1) is 5.69 Å². The molecule has 1 aromatic heterocycles.